The Morgan fingerprint density at radius 3 is 2.37 bits per heavy atom. The third kappa shape index (κ3) is 3.32. The monoisotopic (exact) mass is 261 g/mol. The molecule has 1 saturated heterocycles. The zero-order chi connectivity index (χ0) is 13.8. The third-order valence-electron chi connectivity index (χ3n) is 3.41. The molecule has 0 bridgehead atoms. The maximum absolute atomic E-state index is 12.4. The molecule has 0 spiro atoms. The summed E-state index contributed by atoms with van der Waals surface area (Å²) in [6, 6.07) is 7.60. The first-order valence-electron chi connectivity index (χ1n) is 6.43. The molecule has 1 fully saturated rings. The fourth-order valence-electron chi connectivity index (χ4n) is 2.31. The quantitative estimate of drug-likeness (QED) is 0.847. The maximum atomic E-state index is 12.4. The lowest BCUT2D eigenvalue weighted by molar-refractivity contribution is -0.119. The smallest absolute Gasteiger partial charge is 0.254 e. The summed E-state index contributed by atoms with van der Waals surface area (Å²) in [4.78, 5) is 27.0. The Hall–Kier alpha value is -1.88. The molecule has 0 atom stereocenters. The van der Waals surface area contributed by atoms with Crippen molar-refractivity contribution in [2.24, 2.45) is 5.73 Å². The first-order valence-corrected chi connectivity index (χ1v) is 6.43. The van der Waals surface area contributed by atoms with Gasteiger partial charge in [-0.25, -0.2) is 0 Å². The SMILES string of the molecule is Cc1ccccc1C(=O)N1CCN(CC(N)=O)CC1. The topological polar surface area (TPSA) is 66.6 Å². The Labute approximate surface area is 113 Å². The molecule has 2 rings (SSSR count). The van der Waals surface area contributed by atoms with Crippen molar-refractivity contribution in [3.63, 3.8) is 0 Å². The van der Waals surface area contributed by atoms with E-state index >= 15 is 0 Å². The summed E-state index contributed by atoms with van der Waals surface area (Å²) in [6.07, 6.45) is 0. The van der Waals surface area contributed by atoms with Gasteiger partial charge >= 0.3 is 0 Å². The summed E-state index contributed by atoms with van der Waals surface area (Å²) in [5, 5.41) is 0. The molecule has 5 heteroatoms. The number of piperazine rings is 1. The molecule has 2 N–H and O–H groups in total. The molecule has 19 heavy (non-hydrogen) atoms. The van der Waals surface area contributed by atoms with Crippen LogP contribution in [-0.2, 0) is 4.79 Å². The van der Waals surface area contributed by atoms with E-state index in [1.165, 1.54) is 0 Å². The number of rotatable bonds is 3. The zero-order valence-electron chi connectivity index (χ0n) is 11.1. The number of carbonyl (C=O) groups excluding carboxylic acids is 2. The Morgan fingerprint density at radius 2 is 1.79 bits per heavy atom. The summed E-state index contributed by atoms with van der Waals surface area (Å²) in [7, 11) is 0. The van der Waals surface area contributed by atoms with Crippen molar-refractivity contribution in [3.8, 4) is 0 Å². The molecule has 5 nitrogen and oxygen atoms in total. The van der Waals surface area contributed by atoms with Crippen molar-refractivity contribution in [1.29, 1.82) is 0 Å². The summed E-state index contributed by atoms with van der Waals surface area (Å²) >= 11 is 0. The van der Waals surface area contributed by atoms with Crippen LogP contribution in [0.15, 0.2) is 24.3 Å². The van der Waals surface area contributed by atoms with Crippen molar-refractivity contribution in [2.45, 2.75) is 6.92 Å². The van der Waals surface area contributed by atoms with Crippen LogP contribution < -0.4 is 5.73 Å². The van der Waals surface area contributed by atoms with E-state index < -0.39 is 0 Å². The van der Waals surface area contributed by atoms with E-state index in [0.717, 1.165) is 11.1 Å². The van der Waals surface area contributed by atoms with Crippen LogP contribution in [0.3, 0.4) is 0 Å². The van der Waals surface area contributed by atoms with Gasteiger partial charge in [-0.1, -0.05) is 18.2 Å². The Bertz CT molecular complexity index is 479. The minimum atomic E-state index is -0.321. The third-order valence-corrected chi connectivity index (χ3v) is 3.41. The predicted molar refractivity (Wildman–Crippen MR) is 72.7 cm³/mol. The number of amides is 2. The minimum Gasteiger partial charge on any atom is -0.369 e. The molecule has 1 aliphatic rings. The van der Waals surface area contributed by atoms with Gasteiger partial charge in [0.25, 0.3) is 5.91 Å². The molecule has 0 saturated carbocycles. The van der Waals surface area contributed by atoms with Crippen molar-refractivity contribution in [3.05, 3.63) is 35.4 Å². The second-order valence-electron chi connectivity index (χ2n) is 4.85. The maximum Gasteiger partial charge on any atom is 0.254 e. The van der Waals surface area contributed by atoms with E-state index in [2.05, 4.69) is 0 Å². The van der Waals surface area contributed by atoms with Gasteiger partial charge in [0.1, 0.15) is 0 Å². The van der Waals surface area contributed by atoms with Crippen molar-refractivity contribution in [2.75, 3.05) is 32.7 Å². The minimum absolute atomic E-state index is 0.0665. The van der Waals surface area contributed by atoms with E-state index in [1.54, 1.807) is 0 Å². The Morgan fingerprint density at radius 1 is 1.16 bits per heavy atom. The zero-order valence-corrected chi connectivity index (χ0v) is 11.1. The van der Waals surface area contributed by atoms with Gasteiger partial charge in [-0.2, -0.15) is 0 Å². The fourth-order valence-corrected chi connectivity index (χ4v) is 2.31. The summed E-state index contributed by atoms with van der Waals surface area (Å²) in [5.74, 6) is -0.254. The van der Waals surface area contributed by atoms with E-state index in [4.69, 9.17) is 5.73 Å². The van der Waals surface area contributed by atoms with Crippen LogP contribution in [-0.4, -0.2) is 54.3 Å². The number of hydrogen-bond donors (Lipinski definition) is 1. The number of aryl methyl sites for hydroxylation is 1. The molecule has 1 aromatic carbocycles. The molecule has 0 radical (unpaired) electrons. The lowest BCUT2D eigenvalue weighted by atomic mass is 10.1. The van der Waals surface area contributed by atoms with Crippen LogP contribution in [0.1, 0.15) is 15.9 Å². The second-order valence-corrected chi connectivity index (χ2v) is 4.85. The van der Waals surface area contributed by atoms with Crippen LogP contribution in [0, 0.1) is 6.92 Å². The predicted octanol–water partition coefficient (Wildman–Crippen LogP) is 0.238. The highest BCUT2D eigenvalue weighted by atomic mass is 16.2. The normalized spacial score (nSPS) is 16.4. The molecule has 102 valence electrons. The van der Waals surface area contributed by atoms with E-state index in [0.29, 0.717) is 26.2 Å². The lowest BCUT2D eigenvalue weighted by Crippen LogP contribution is -2.50. The number of hydrogen-bond acceptors (Lipinski definition) is 3. The average molecular weight is 261 g/mol. The van der Waals surface area contributed by atoms with Crippen molar-refractivity contribution >= 4 is 11.8 Å². The van der Waals surface area contributed by atoms with Crippen LogP contribution in [0.4, 0.5) is 0 Å². The molecule has 1 heterocycles. The highest BCUT2D eigenvalue weighted by Crippen LogP contribution is 2.12. The molecular formula is C14H19N3O2. The van der Waals surface area contributed by atoms with Crippen LogP contribution in [0.5, 0.6) is 0 Å². The Balaban J connectivity index is 1.96. The van der Waals surface area contributed by atoms with Gasteiger partial charge in [-0.15, -0.1) is 0 Å². The number of nitrogens with zero attached hydrogens (tertiary/aromatic N) is 2. The molecule has 0 aromatic heterocycles. The second kappa shape index (κ2) is 5.84. The first kappa shape index (κ1) is 13.5. The molecule has 0 aliphatic carbocycles. The molecular weight excluding hydrogens is 242 g/mol. The van der Waals surface area contributed by atoms with Crippen LogP contribution in [0.2, 0.25) is 0 Å². The summed E-state index contributed by atoms with van der Waals surface area (Å²) in [6.45, 7) is 4.88. The first-order chi connectivity index (χ1) is 9.08. The molecule has 2 amide bonds. The number of primary amides is 1. The number of nitrogens with two attached hydrogens (primary N) is 1. The fraction of sp³-hybridized carbons (Fsp3) is 0.429. The largest absolute Gasteiger partial charge is 0.369 e. The van der Waals surface area contributed by atoms with Crippen molar-refractivity contribution in [1.82, 2.24) is 9.80 Å². The number of benzene rings is 1. The Kier molecular flexibility index (Phi) is 4.16. The lowest BCUT2D eigenvalue weighted by Gasteiger charge is -2.34. The van der Waals surface area contributed by atoms with Gasteiger partial charge in [0.2, 0.25) is 5.91 Å². The molecule has 0 unspecified atom stereocenters. The van der Waals surface area contributed by atoms with Crippen molar-refractivity contribution < 1.29 is 9.59 Å². The molecule has 1 aromatic rings. The number of carbonyl (C=O) groups is 2. The van der Waals surface area contributed by atoms with E-state index in [1.807, 2.05) is 41.0 Å². The summed E-state index contributed by atoms with van der Waals surface area (Å²) in [5.41, 5.74) is 6.92. The van der Waals surface area contributed by atoms with Gasteiger partial charge < -0.3 is 10.6 Å². The van der Waals surface area contributed by atoms with E-state index in [-0.39, 0.29) is 18.4 Å². The van der Waals surface area contributed by atoms with Gasteiger partial charge in [0, 0.05) is 31.7 Å². The van der Waals surface area contributed by atoms with Gasteiger partial charge in [-0.3, -0.25) is 14.5 Å². The van der Waals surface area contributed by atoms with Crippen LogP contribution >= 0.6 is 0 Å². The van der Waals surface area contributed by atoms with E-state index in [9.17, 15) is 9.59 Å². The highest BCUT2D eigenvalue weighted by molar-refractivity contribution is 5.95. The molecule has 1 aliphatic heterocycles. The van der Waals surface area contributed by atoms with Gasteiger partial charge in [0.15, 0.2) is 0 Å². The average Bonchev–Trinajstić information content (AvgIpc) is 2.39. The summed E-state index contributed by atoms with van der Waals surface area (Å²) < 4.78 is 0. The van der Waals surface area contributed by atoms with Crippen LogP contribution in [0.25, 0.3) is 0 Å². The standard InChI is InChI=1S/C14H19N3O2/c1-11-4-2-3-5-12(11)14(19)17-8-6-16(7-9-17)10-13(15)18/h2-5H,6-10H2,1H3,(H2,15,18). The van der Waals surface area contributed by atoms with Gasteiger partial charge in [-0.05, 0) is 18.6 Å². The van der Waals surface area contributed by atoms with Gasteiger partial charge in [0.05, 0.1) is 6.54 Å². The highest BCUT2D eigenvalue weighted by Gasteiger charge is 2.23.